The molecule has 1 aliphatic rings. The highest BCUT2D eigenvalue weighted by Gasteiger charge is 2.33. The molecule has 0 aromatic carbocycles. The second kappa shape index (κ2) is 7.60. The summed E-state index contributed by atoms with van der Waals surface area (Å²) in [6.45, 7) is 4.95. The van der Waals surface area contributed by atoms with E-state index in [1.807, 2.05) is 13.8 Å². The molecule has 134 valence electrons. The number of rotatable bonds is 6. The average molecular weight is 345 g/mol. The molecule has 25 heavy (non-hydrogen) atoms. The molecule has 2 atom stereocenters. The SMILES string of the molecule is CC(C)Oc1cnccc1C(=O)N(C)C[C@H]1OCC[C@H]1c1ncn[nH]1. The van der Waals surface area contributed by atoms with Crippen molar-refractivity contribution < 1.29 is 14.3 Å². The van der Waals surface area contributed by atoms with Crippen LogP contribution in [-0.4, -0.2) is 63.4 Å². The standard InChI is InChI=1S/C17H23N5O3/c1-11(2)25-14-8-18-6-4-13(14)17(23)22(3)9-15-12(5-7-24-15)16-19-10-20-21-16/h4,6,8,10-12,15H,5,7,9H2,1-3H3,(H,19,20,21)/t12-,15-/m1/s1. The van der Waals surface area contributed by atoms with Gasteiger partial charge in [-0.25, -0.2) is 4.98 Å². The van der Waals surface area contributed by atoms with Crippen molar-refractivity contribution in [2.24, 2.45) is 0 Å². The number of hydrogen-bond acceptors (Lipinski definition) is 6. The topological polar surface area (TPSA) is 93.2 Å². The zero-order valence-corrected chi connectivity index (χ0v) is 14.7. The summed E-state index contributed by atoms with van der Waals surface area (Å²) in [5, 5.41) is 6.81. The maximum absolute atomic E-state index is 12.9. The Kier molecular flexibility index (Phi) is 5.28. The van der Waals surface area contributed by atoms with E-state index < -0.39 is 0 Å². The Morgan fingerprint density at radius 1 is 1.52 bits per heavy atom. The molecule has 8 heteroatoms. The number of pyridine rings is 1. The summed E-state index contributed by atoms with van der Waals surface area (Å²) in [6.07, 6.45) is 5.38. The smallest absolute Gasteiger partial charge is 0.257 e. The molecule has 1 amide bonds. The summed E-state index contributed by atoms with van der Waals surface area (Å²) in [6, 6.07) is 1.68. The zero-order valence-electron chi connectivity index (χ0n) is 14.7. The summed E-state index contributed by atoms with van der Waals surface area (Å²) in [5.74, 6) is 1.29. The van der Waals surface area contributed by atoms with Gasteiger partial charge in [0.25, 0.3) is 5.91 Å². The first-order valence-electron chi connectivity index (χ1n) is 8.39. The van der Waals surface area contributed by atoms with Crippen molar-refractivity contribution in [1.29, 1.82) is 0 Å². The third-order valence-corrected chi connectivity index (χ3v) is 4.17. The molecule has 3 rings (SSSR count). The molecule has 0 bridgehead atoms. The van der Waals surface area contributed by atoms with Gasteiger partial charge in [0.15, 0.2) is 5.75 Å². The molecule has 0 aliphatic carbocycles. The third kappa shape index (κ3) is 3.96. The normalized spacial score (nSPS) is 20.0. The van der Waals surface area contributed by atoms with E-state index in [1.54, 1.807) is 30.4 Å². The molecule has 1 N–H and O–H groups in total. The first-order chi connectivity index (χ1) is 12.1. The Hall–Kier alpha value is -2.48. The molecule has 2 aromatic rings. The fraction of sp³-hybridized carbons (Fsp3) is 0.529. The van der Waals surface area contributed by atoms with Crippen LogP contribution in [-0.2, 0) is 4.74 Å². The van der Waals surface area contributed by atoms with Crippen LogP contribution in [0.25, 0.3) is 0 Å². The highest BCUT2D eigenvalue weighted by molar-refractivity contribution is 5.96. The third-order valence-electron chi connectivity index (χ3n) is 4.17. The number of carbonyl (C=O) groups excluding carboxylic acids is 1. The zero-order chi connectivity index (χ0) is 17.8. The van der Waals surface area contributed by atoms with Crippen molar-refractivity contribution in [2.75, 3.05) is 20.2 Å². The predicted octanol–water partition coefficient (Wildman–Crippen LogP) is 1.63. The quantitative estimate of drug-likeness (QED) is 0.855. The molecule has 1 saturated heterocycles. The van der Waals surface area contributed by atoms with Crippen molar-refractivity contribution in [3.05, 3.63) is 36.2 Å². The number of nitrogens with zero attached hydrogens (tertiary/aromatic N) is 4. The van der Waals surface area contributed by atoms with Crippen molar-refractivity contribution in [3.63, 3.8) is 0 Å². The van der Waals surface area contributed by atoms with E-state index in [4.69, 9.17) is 9.47 Å². The number of amides is 1. The van der Waals surface area contributed by atoms with E-state index in [0.29, 0.717) is 24.5 Å². The van der Waals surface area contributed by atoms with Crippen molar-refractivity contribution in [2.45, 2.75) is 38.4 Å². The minimum atomic E-state index is -0.120. The molecular weight excluding hydrogens is 322 g/mol. The lowest BCUT2D eigenvalue weighted by Crippen LogP contribution is -2.36. The molecule has 8 nitrogen and oxygen atoms in total. The number of aromatic amines is 1. The van der Waals surface area contributed by atoms with Crippen LogP contribution in [0, 0.1) is 0 Å². The number of aromatic nitrogens is 4. The Morgan fingerprint density at radius 3 is 3.08 bits per heavy atom. The summed E-state index contributed by atoms with van der Waals surface area (Å²) in [4.78, 5) is 22.8. The van der Waals surface area contributed by atoms with Crippen LogP contribution in [0.4, 0.5) is 0 Å². The highest BCUT2D eigenvalue weighted by atomic mass is 16.5. The molecule has 0 spiro atoms. The molecule has 1 aliphatic heterocycles. The molecular formula is C17H23N5O3. The lowest BCUT2D eigenvalue weighted by atomic mass is 10.0. The van der Waals surface area contributed by atoms with Crippen LogP contribution >= 0.6 is 0 Å². The second-order valence-electron chi connectivity index (χ2n) is 6.40. The number of carbonyl (C=O) groups is 1. The van der Waals surface area contributed by atoms with Crippen molar-refractivity contribution in [3.8, 4) is 5.75 Å². The summed E-state index contributed by atoms with van der Waals surface area (Å²) in [5.41, 5.74) is 0.500. The van der Waals surface area contributed by atoms with Crippen molar-refractivity contribution in [1.82, 2.24) is 25.1 Å². The van der Waals surface area contributed by atoms with E-state index in [0.717, 1.165) is 12.2 Å². The van der Waals surface area contributed by atoms with E-state index in [9.17, 15) is 4.79 Å². The van der Waals surface area contributed by atoms with Gasteiger partial charge < -0.3 is 14.4 Å². The minimum Gasteiger partial charge on any atom is -0.489 e. The Bertz CT molecular complexity index is 704. The second-order valence-corrected chi connectivity index (χ2v) is 6.40. The fourth-order valence-electron chi connectivity index (χ4n) is 3.00. The lowest BCUT2D eigenvalue weighted by molar-refractivity contribution is 0.0546. The van der Waals surface area contributed by atoms with Crippen LogP contribution < -0.4 is 4.74 Å². The Balaban J connectivity index is 1.71. The monoisotopic (exact) mass is 345 g/mol. The van der Waals surface area contributed by atoms with E-state index in [1.165, 1.54) is 6.33 Å². The van der Waals surface area contributed by atoms with E-state index in [2.05, 4.69) is 20.2 Å². The lowest BCUT2D eigenvalue weighted by Gasteiger charge is -2.25. The highest BCUT2D eigenvalue weighted by Crippen LogP contribution is 2.29. The molecule has 2 aromatic heterocycles. The van der Waals surface area contributed by atoms with Crippen LogP contribution in [0.2, 0.25) is 0 Å². The number of hydrogen-bond donors (Lipinski definition) is 1. The summed E-state index contributed by atoms with van der Waals surface area (Å²) in [7, 11) is 1.76. The van der Waals surface area contributed by atoms with Crippen molar-refractivity contribution >= 4 is 5.91 Å². The number of H-pyrrole nitrogens is 1. The number of likely N-dealkylation sites (N-methyl/N-ethyl adjacent to an activating group) is 1. The van der Waals surface area contributed by atoms with Gasteiger partial charge in [0, 0.05) is 32.3 Å². The van der Waals surface area contributed by atoms with Gasteiger partial charge in [-0.05, 0) is 26.3 Å². The van der Waals surface area contributed by atoms with Gasteiger partial charge in [-0.1, -0.05) is 0 Å². The molecule has 0 unspecified atom stereocenters. The van der Waals surface area contributed by atoms with Gasteiger partial charge in [-0.2, -0.15) is 5.10 Å². The van der Waals surface area contributed by atoms with E-state index in [-0.39, 0.29) is 24.0 Å². The maximum atomic E-state index is 12.9. The Labute approximate surface area is 146 Å². The number of nitrogens with one attached hydrogen (secondary N) is 1. The van der Waals surface area contributed by atoms with E-state index >= 15 is 0 Å². The maximum Gasteiger partial charge on any atom is 0.257 e. The average Bonchev–Trinajstić information content (AvgIpc) is 3.25. The largest absolute Gasteiger partial charge is 0.489 e. The molecule has 1 fully saturated rings. The number of ether oxygens (including phenoxy) is 2. The predicted molar refractivity (Wildman–Crippen MR) is 90.4 cm³/mol. The van der Waals surface area contributed by atoms with Crippen LogP contribution in [0.15, 0.2) is 24.8 Å². The van der Waals surface area contributed by atoms with Gasteiger partial charge in [0.2, 0.25) is 0 Å². The van der Waals surface area contributed by atoms with Gasteiger partial charge >= 0.3 is 0 Å². The Morgan fingerprint density at radius 2 is 2.36 bits per heavy atom. The first-order valence-corrected chi connectivity index (χ1v) is 8.39. The van der Waals surface area contributed by atoms with Gasteiger partial charge in [0.1, 0.15) is 12.2 Å². The van der Waals surface area contributed by atoms with Crippen LogP contribution in [0.1, 0.15) is 42.4 Å². The van der Waals surface area contributed by atoms with Gasteiger partial charge in [-0.15, -0.1) is 0 Å². The summed E-state index contributed by atoms with van der Waals surface area (Å²) < 4.78 is 11.5. The van der Waals surface area contributed by atoms with Gasteiger partial charge in [-0.3, -0.25) is 14.9 Å². The fourth-order valence-corrected chi connectivity index (χ4v) is 3.00. The van der Waals surface area contributed by atoms with Gasteiger partial charge in [0.05, 0.1) is 24.0 Å². The molecule has 0 saturated carbocycles. The summed E-state index contributed by atoms with van der Waals surface area (Å²) >= 11 is 0. The van der Waals surface area contributed by atoms with Crippen LogP contribution in [0.3, 0.4) is 0 Å². The minimum absolute atomic E-state index is 0.0324. The molecule has 0 radical (unpaired) electrons. The first kappa shape index (κ1) is 17.3. The molecule has 3 heterocycles. The van der Waals surface area contributed by atoms with Crippen LogP contribution in [0.5, 0.6) is 5.75 Å².